The number of amides is 1. The van der Waals surface area contributed by atoms with Gasteiger partial charge in [0.05, 0.1) is 16.3 Å². The van der Waals surface area contributed by atoms with Crippen molar-refractivity contribution in [3.8, 4) is 0 Å². The third-order valence-corrected chi connectivity index (χ3v) is 4.16. The van der Waals surface area contributed by atoms with Crippen molar-refractivity contribution in [3.63, 3.8) is 0 Å². The molecule has 23 heavy (non-hydrogen) atoms. The third kappa shape index (κ3) is 3.19. The number of carbonyl (C=O) groups excluding carboxylic acids is 1. The summed E-state index contributed by atoms with van der Waals surface area (Å²) in [5.41, 5.74) is 5.89. The number of nitrogens with one attached hydrogen (secondary N) is 1. The number of benzene rings is 1. The third-order valence-electron chi connectivity index (χ3n) is 3.83. The number of rotatable bonds is 2. The van der Waals surface area contributed by atoms with Crippen LogP contribution < -0.4 is 11.3 Å². The molecule has 1 amide bonds. The quantitative estimate of drug-likeness (QED) is 0.874. The summed E-state index contributed by atoms with van der Waals surface area (Å²) in [5, 5.41) is 0.207. The number of likely N-dealkylation sites (tertiary alicyclic amines) is 1. The molecule has 3 rings (SSSR count). The molecule has 1 aliphatic rings. The number of nitrogen functional groups attached to an aromatic ring is 1. The van der Waals surface area contributed by atoms with Crippen molar-refractivity contribution in [1.29, 1.82) is 0 Å². The number of aromatic nitrogens is 2. The molecule has 1 fully saturated rings. The lowest BCUT2D eigenvalue weighted by atomic mass is 10.1. The molecule has 2 aromatic rings. The first-order valence-electron chi connectivity index (χ1n) is 7.05. The van der Waals surface area contributed by atoms with Gasteiger partial charge in [-0.25, -0.2) is 9.37 Å². The van der Waals surface area contributed by atoms with Crippen LogP contribution in [0.5, 0.6) is 0 Å². The van der Waals surface area contributed by atoms with Gasteiger partial charge in [0.2, 0.25) is 5.95 Å². The summed E-state index contributed by atoms with van der Waals surface area (Å²) in [5.74, 6) is -0.895. The van der Waals surface area contributed by atoms with Gasteiger partial charge in [-0.3, -0.25) is 14.6 Å². The number of hydrogen-bond donors (Lipinski definition) is 2. The zero-order valence-electron chi connectivity index (χ0n) is 12.1. The Bertz CT molecular complexity index is 823. The predicted molar refractivity (Wildman–Crippen MR) is 83.9 cm³/mol. The van der Waals surface area contributed by atoms with Gasteiger partial charge < -0.3 is 10.6 Å². The van der Waals surface area contributed by atoms with Gasteiger partial charge in [-0.1, -0.05) is 11.6 Å². The molecule has 0 saturated carbocycles. The van der Waals surface area contributed by atoms with Crippen LogP contribution in [0.4, 0.5) is 10.3 Å². The largest absolute Gasteiger partial charge is 0.369 e. The van der Waals surface area contributed by atoms with E-state index in [1.165, 1.54) is 18.2 Å². The topological polar surface area (TPSA) is 92.1 Å². The lowest BCUT2D eigenvalue weighted by molar-refractivity contribution is 0.0790. The summed E-state index contributed by atoms with van der Waals surface area (Å²) in [4.78, 5) is 32.0. The van der Waals surface area contributed by atoms with E-state index in [0.717, 1.165) is 6.07 Å². The van der Waals surface area contributed by atoms with Gasteiger partial charge in [-0.15, -0.1) is 0 Å². The zero-order valence-corrected chi connectivity index (χ0v) is 12.8. The Hall–Kier alpha value is -2.41. The van der Waals surface area contributed by atoms with Gasteiger partial charge >= 0.3 is 0 Å². The monoisotopic (exact) mass is 336 g/mol. The van der Waals surface area contributed by atoms with E-state index in [2.05, 4.69) is 9.97 Å². The van der Waals surface area contributed by atoms with E-state index in [1.54, 1.807) is 4.90 Å². The van der Waals surface area contributed by atoms with Crippen LogP contribution in [0.15, 0.2) is 29.1 Å². The minimum atomic E-state index is -0.516. The number of H-pyrrole nitrogens is 1. The Morgan fingerprint density at radius 1 is 1.43 bits per heavy atom. The van der Waals surface area contributed by atoms with Crippen LogP contribution in [0.3, 0.4) is 0 Å². The first kappa shape index (κ1) is 15.5. The smallest absolute Gasteiger partial charge is 0.255 e. The van der Waals surface area contributed by atoms with Crippen LogP contribution in [0.1, 0.15) is 28.4 Å². The highest BCUT2D eigenvalue weighted by Gasteiger charge is 2.30. The fourth-order valence-electron chi connectivity index (χ4n) is 2.72. The van der Waals surface area contributed by atoms with Crippen LogP contribution in [0, 0.1) is 5.82 Å². The summed E-state index contributed by atoms with van der Waals surface area (Å²) < 4.78 is 13.3. The zero-order chi connectivity index (χ0) is 16.6. The second-order valence-electron chi connectivity index (χ2n) is 5.42. The Labute approximate surface area is 136 Å². The lowest BCUT2D eigenvalue weighted by Crippen LogP contribution is -2.29. The molecule has 1 atom stereocenters. The van der Waals surface area contributed by atoms with Crippen molar-refractivity contribution < 1.29 is 9.18 Å². The van der Waals surface area contributed by atoms with Crippen molar-refractivity contribution >= 4 is 23.5 Å². The molecule has 1 unspecified atom stereocenters. The number of halogens is 2. The summed E-state index contributed by atoms with van der Waals surface area (Å²) in [7, 11) is 0. The molecule has 2 heterocycles. The van der Waals surface area contributed by atoms with Crippen molar-refractivity contribution in [2.75, 3.05) is 18.8 Å². The number of aromatic amines is 1. The Morgan fingerprint density at radius 3 is 2.96 bits per heavy atom. The molecule has 120 valence electrons. The number of nitrogens with zero attached hydrogens (tertiary/aromatic N) is 2. The van der Waals surface area contributed by atoms with E-state index in [4.69, 9.17) is 17.3 Å². The molecule has 6 nitrogen and oxygen atoms in total. The molecule has 1 aromatic carbocycles. The fraction of sp³-hybridized carbons (Fsp3) is 0.267. The van der Waals surface area contributed by atoms with E-state index in [-0.39, 0.29) is 33.9 Å². The van der Waals surface area contributed by atoms with E-state index in [1.807, 2.05) is 0 Å². The summed E-state index contributed by atoms with van der Waals surface area (Å²) in [6.07, 6.45) is 0.647. The van der Waals surface area contributed by atoms with Crippen LogP contribution >= 0.6 is 11.6 Å². The van der Waals surface area contributed by atoms with Crippen LogP contribution in [0.2, 0.25) is 5.02 Å². The fourth-order valence-corrected chi connectivity index (χ4v) is 2.92. The molecule has 0 spiro atoms. The number of nitrogens with two attached hydrogens (primary N) is 1. The SMILES string of the molecule is Nc1nc(C2CCN(C(=O)c3cc(F)ccc3Cl)C2)cc(=O)[nH]1. The normalized spacial score (nSPS) is 17.5. The second-order valence-corrected chi connectivity index (χ2v) is 5.82. The van der Waals surface area contributed by atoms with Gasteiger partial charge in [0, 0.05) is 25.1 Å². The standard InChI is InChI=1S/C15H14ClFN4O2/c16-11-2-1-9(17)5-10(11)14(23)21-4-3-8(7-21)12-6-13(22)20-15(18)19-12/h1-2,5-6,8H,3-4,7H2,(H3,18,19,20,22). The molecule has 1 saturated heterocycles. The van der Waals surface area contributed by atoms with Gasteiger partial charge in [0.1, 0.15) is 5.82 Å². The number of anilines is 1. The summed E-state index contributed by atoms with van der Waals surface area (Å²) in [6, 6.07) is 5.07. The molecule has 0 bridgehead atoms. The van der Waals surface area contributed by atoms with Gasteiger partial charge in [0.25, 0.3) is 11.5 Å². The molecule has 1 aliphatic heterocycles. The number of hydrogen-bond acceptors (Lipinski definition) is 4. The highest BCUT2D eigenvalue weighted by molar-refractivity contribution is 6.33. The van der Waals surface area contributed by atoms with E-state index >= 15 is 0 Å². The van der Waals surface area contributed by atoms with Crippen molar-refractivity contribution in [1.82, 2.24) is 14.9 Å². The van der Waals surface area contributed by atoms with Crippen LogP contribution in [0.25, 0.3) is 0 Å². The van der Waals surface area contributed by atoms with Crippen LogP contribution in [-0.4, -0.2) is 33.9 Å². The van der Waals surface area contributed by atoms with Crippen molar-refractivity contribution in [2.24, 2.45) is 0 Å². The highest BCUT2D eigenvalue weighted by atomic mass is 35.5. The Balaban J connectivity index is 1.80. The Kier molecular flexibility index (Phi) is 4.04. The van der Waals surface area contributed by atoms with Gasteiger partial charge in [-0.05, 0) is 24.6 Å². The molecular formula is C15H14ClFN4O2. The average molecular weight is 337 g/mol. The van der Waals surface area contributed by atoms with Crippen molar-refractivity contribution in [2.45, 2.75) is 12.3 Å². The molecule has 0 aliphatic carbocycles. The predicted octanol–water partition coefficient (Wildman–Crippen LogP) is 1.77. The molecule has 0 radical (unpaired) electrons. The Morgan fingerprint density at radius 2 is 2.22 bits per heavy atom. The first-order valence-corrected chi connectivity index (χ1v) is 7.43. The maximum Gasteiger partial charge on any atom is 0.255 e. The summed E-state index contributed by atoms with van der Waals surface area (Å²) in [6.45, 7) is 0.853. The maximum atomic E-state index is 13.3. The maximum absolute atomic E-state index is 13.3. The van der Waals surface area contributed by atoms with Crippen molar-refractivity contribution in [3.05, 3.63) is 56.7 Å². The minimum absolute atomic E-state index is 0.0467. The van der Waals surface area contributed by atoms with Gasteiger partial charge in [0.15, 0.2) is 0 Å². The molecule has 3 N–H and O–H groups in total. The lowest BCUT2D eigenvalue weighted by Gasteiger charge is -2.17. The van der Waals surface area contributed by atoms with Crippen LogP contribution in [-0.2, 0) is 0 Å². The molecule has 1 aromatic heterocycles. The van der Waals surface area contributed by atoms with E-state index in [0.29, 0.717) is 25.2 Å². The van der Waals surface area contributed by atoms with Gasteiger partial charge in [-0.2, -0.15) is 0 Å². The highest BCUT2D eigenvalue weighted by Crippen LogP contribution is 2.28. The second kappa shape index (κ2) is 6.00. The summed E-state index contributed by atoms with van der Waals surface area (Å²) >= 11 is 5.98. The first-order chi connectivity index (χ1) is 10.9. The minimum Gasteiger partial charge on any atom is -0.369 e. The number of carbonyl (C=O) groups is 1. The molecule has 8 heteroatoms. The van der Waals surface area contributed by atoms with E-state index < -0.39 is 5.82 Å². The molecular weight excluding hydrogens is 323 g/mol. The van der Waals surface area contributed by atoms with E-state index in [9.17, 15) is 14.0 Å². The average Bonchev–Trinajstić information content (AvgIpc) is 2.98.